The maximum Gasteiger partial charge on any atom is 0.221 e. The standard InChI is InChI=1S/C24H30N4O4S/c1-27(2)16-8-4-14(5-9-16)13-28-20-21(30)19(29)12-18(23(25)31)22(20)33-24(28)26-15-6-10-17(32-3)11-7-15/h4-11,18-22,29-30H,12-13H2,1-3H3,(H2,25,31)/t18-,19+,20+,21-,22+/m0/s1. The molecule has 1 saturated carbocycles. The van der Waals surface area contributed by atoms with Gasteiger partial charge in [0, 0.05) is 31.6 Å². The lowest BCUT2D eigenvalue weighted by Crippen LogP contribution is -2.58. The molecule has 2 aromatic rings. The van der Waals surface area contributed by atoms with Gasteiger partial charge < -0.3 is 30.5 Å². The summed E-state index contributed by atoms with van der Waals surface area (Å²) in [7, 11) is 5.58. The average Bonchev–Trinajstić information content (AvgIpc) is 3.14. The lowest BCUT2D eigenvalue weighted by molar-refractivity contribution is -0.128. The van der Waals surface area contributed by atoms with E-state index >= 15 is 0 Å². The van der Waals surface area contributed by atoms with Crippen LogP contribution in [-0.2, 0) is 11.3 Å². The van der Waals surface area contributed by atoms with E-state index in [4.69, 9.17) is 15.5 Å². The van der Waals surface area contributed by atoms with Gasteiger partial charge in [0.05, 0.1) is 30.9 Å². The summed E-state index contributed by atoms with van der Waals surface area (Å²) in [5, 5.41) is 21.8. The molecule has 0 bridgehead atoms. The van der Waals surface area contributed by atoms with Crippen molar-refractivity contribution in [3.05, 3.63) is 54.1 Å². The molecule has 1 heterocycles. The fourth-order valence-corrected chi connectivity index (χ4v) is 6.01. The minimum atomic E-state index is -1.02. The quantitative estimate of drug-likeness (QED) is 0.592. The number of carbonyl (C=O) groups excluding carboxylic acids is 1. The molecule has 1 aliphatic carbocycles. The van der Waals surface area contributed by atoms with Gasteiger partial charge in [0.15, 0.2) is 5.17 Å². The Morgan fingerprint density at radius 2 is 1.85 bits per heavy atom. The maximum absolute atomic E-state index is 12.2. The minimum absolute atomic E-state index is 0.145. The van der Waals surface area contributed by atoms with Crippen LogP contribution in [0.4, 0.5) is 11.4 Å². The molecule has 1 aliphatic heterocycles. The summed E-state index contributed by atoms with van der Waals surface area (Å²) >= 11 is 1.44. The zero-order chi connectivity index (χ0) is 23.7. The number of amidine groups is 1. The van der Waals surface area contributed by atoms with Gasteiger partial charge >= 0.3 is 0 Å². The van der Waals surface area contributed by atoms with Crippen molar-refractivity contribution in [3.63, 3.8) is 0 Å². The number of methoxy groups -OCH3 is 1. The highest BCUT2D eigenvalue weighted by Gasteiger charge is 2.54. The zero-order valence-corrected chi connectivity index (χ0v) is 19.8. The summed E-state index contributed by atoms with van der Waals surface area (Å²) in [6, 6.07) is 15.0. The fraction of sp³-hybridized carbons (Fsp3) is 0.417. The Morgan fingerprint density at radius 1 is 1.18 bits per heavy atom. The van der Waals surface area contributed by atoms with Crippen molar-refractivity contribution in [1.29, 1.82) is 0 Å². The molecule has 4 N–H and O–H groups in total. The molecule has 33 heavy (non-hydrogen) atoms. The van der Waals surface area contributed by atoms with Crippen LogP contribution in [0.15, 0.2) is 53.5 Å². The summed E-state index contributed by atoms with van der Waals surface area (Å²) in [6.07, 6.45) is -1.89. The Morgan fingerprint density at radius 3 is 2.42 bits per heavy atom. The fourth-order valence-electron chi connectivity index (χ4n) is 4.43. The second kappa shape index (κ2) is 9.62. The van der Waals surface area contributed by atoms with E-state index < -0.39 is 30.1 Å². The number of nitrogens with two attached hydrogens (primary N) is 1. The number of rotatable bonds is 6. The molecule has 1 amide bonds. The molecule has 9 heteroatoms. The van der Waals surface area contributed by atoms with E-state index in [-0.39, 0.29) is 11.7 Å². The number of aliphatic hydroxyl groups excluding tert-OH is 2. The number of fused-ring (bicyclic) bond motifs is 1. The molecular weight excluding hydrogens is 440 g/mol. The number of nitrogens with zero attached hydrogens (tertiary/aromatic N) is 3. The van der Waals surface area contributed by atoms with Crippen LogP contribution in [0.25, 0.3) is 0 Å². The number of ether oxygens (including phenoxy) is 1. The van der Waals surface area contributed by atoms with Crippen LogP contribution in [0, 0.1) is 5.92 Å². The second-order valence-corrected chi connectivity index (χ2v) is 9.80. The van der Waals surface area contributed by atoms with Gasteiger partial charge in [-0.25, -0.2) is 4.99 Å². The second-order valence-electron chi connectivity index (χ2n) is 8.66. The first-order valence-corrected chi connectivity index (χ1v) is 11.7. The first-order chi connectivity index (χ1) is 15.8. The molecule has 8 nitrogen and oxygen atoms in total. The van der Waals surface area contributed by atoms with Crippen LogP contribution < -0.4 is 15.4 Å². The van der Waals surface area contributed by atoms with Gasteiger partial charge in [0.25, 0.3) is 0 Å². The van der Waals surface area contributed by atoms with Crippen molar-refractivity contribution < 1.29 is 19.7 Å². The lowest BCUT2D eigenvalue weighted by Gasteiger charge is -2.41. The number of carbonyl (C=O) groups is 1. The first-order valence-electron chi connectivity index (χ1n) is 10.9. The Kier molecular flexibility index (Phi) is 6.83. The van der Waals surface area contributed by atoms with Crippen molar-refractivity contribution in [2.75, 3.05) is 26.1 Å². The van der Waals surface area contributed by atoms with Gasteiger partial charge in [-0.2, -0.15) is 0 Å². The Hall–Kier alpha value is -2.75. The van der Waals surface area contributed by atoms with Crippen LogP contribution in [0.1, 0.15) is 12.0 Å². The summed E-state index contributed by atoms with van der Waals surface area (Å²) in [4.78, 5) is 21.0. The summed E-state index contributed by atoms with van der Waals surface area (Å²) < 4.78 is 5.23. The third-order valence-corrected chi connectivity index (χ3v) is 7.70. The number of hydrogen-bond acceptors (Lipinski definition) is 7. The third-order valence-electron chi connectivity index (χ3n) is 6.29. The van der Waals surface area contributed by atoms with Crippen molar-refractivity contribution in [2.45, 2.75) is 36.5 Å². The lowest BCUT2D eigenvalue weighted by atomic mass is 9.80. The molecule has 5 atom stereocenters. The topological polar surface area (TPSA) is 112 Å². The minimum Gasteiger partial charge on any atom is -0.497 e. The highest BCUT2D eigenvalue weighted by atomic mass is 32.2. The Balaban J connectivity index is 1.71. The first kappa shape index (κ1) is 23.4. The Labute approximate surface area is 198 Å². The highest BCUT2D eigenvalue weighted by molar-refractivity contribution is 8.14. The largest absolute Gasteiger partial charge is 0.497 e. The van der Waals surface area contributed by atoms with Crippen LogP contribution in [0.5, 0.6) is 5.75 Å². The maximum atomic E-state index is 12.2. The Bertz CT molecular complexity index is 1010. The average molecular weight is 471 g/mol. The van der Waals surface area contributed by atoms with E-state index in [1.165, 1.54) is 11.8 Å². The molecule has 2 fully saturated rings. The van der Waals surface area contributed by atoms with Gasteiger partial charge in [-0.3, -0.25) is 4.79 Å². The predicted octanol–water partition coefficient (Wildman–Crippen LogP) is 1.96. The summed E-state index contributed by atoms with van der Waals surface area (Å²) in [5.41, 5.74) is 8.53. The van der Waals surface area contributed by atoms with Gasteiger partial charge in [0.2, 0.25) is 5.91 Å². The normalized spacial score (nSPS) is 28.0. The number of anilines is 1. The molecule has 0 spiro atoms. The number of thioether (sulfide) groups is 1. The van der Waals surface area contributed by atoms with Crippen molar-refractivity contribution >= 4 is 34.2 Å². The van der Waals surface area contributed by atoms with E-state index in [1.807, 2.05) is 72.4 Å². The molecule has 2 aromatic carbocycles. The van der Waals surface area contributed by atoms with Crippen molar-refractivity contribution in [1.82, 2.24) is 4.90 Å². The summed E-state index contributed by atoms with van der Waals surface area (Å²) in [5.74, 6) is -0.290. The number of aliphatic hydroxyl groups is 2. The van der Waals surface area contributed by atoms with Gasteiger partial charge in [-0.15, -0.1) is 0 Å². The van der Waals surface area contributed by atoms with Crippen LogP contribution in [-0.4, -0.2) is 70.9 Å². The van der Waals surface area contributed by atoms with Crippen molar-refractivity contribution in [3.8, 4) is 5.75 Å². The number of aliphatic imine (C=N–C) groups is 1. The van der Waals surface area contributed by atoms with Gasteiger partial charge in [0.1, 0.15) is 11.9 Å². The smallest absolute Gasteiger partial charge is 0.221 e. The highest BCUT2D eigenvalue weighted by Crippen LogP contribution is 2.45. The molecule has 176 valence electrons. The van der Waals surface area contributed by atoms with E-state index in [0.29, 0.717) is 11.7 Å². The van der Waals surface area contributed by atoms with Crippen LogP contribution in [0.2, 0.25) is 0 Å². The molecule has 4 rings (SSSR count). The van der Waals surface area contributed by atoms with E-state index in [9.17, 15) is 15.0 Å². The number of amides is 1. The number of hydrogen-bond donors (Lipinski definition) is 3. The molecule has 1 saturated heterocycles. The van der Waals surface area contributed by atoms with E-state index in [0.717, 1.165) is 22.7 Å². The van der Waals surface area contributed by atoms with Crippen LogP contribution >= 0.6 is 11.8 Å². The number of benzene rings is 2. The molecule has 2 aliphatic rings. The SMILES string of the molecule is COc1ccc(N=C2S[C@H]3[C@@H]([C@@H](O)[C@H](O)C[C@@H]3C(N)=O)N2Cc2ccc(N(C)C)cc2)cc1. The van der Waals surface area contributed by atoms with Crippen LogP contribution in [0.3, 0.4) is 0 Å². The monoisotopic (exact) mass is 470 g/mol. The number of primary amides is 1. The third kappa shape index (κ3) is 4.80. The van der Waals surface area contributed by atoms with E-state index in [2.05, 4.69) is 0 Å². The van der Waals surface area contributed by atoms with Gasteiger partial charge in [-0.1, -0.05) is 23.9 Å². The molecule has 0 unspecified atom stereocenters. The predicted molar refractivity (Wildman–Crippen MR) is 131 cm³/mol. The van der Waals surface area contributed by atoms with Gasteiger partial charge in [-0.05, 0) is 48.4 Å². The summed E-state index contributed by atoms with van der Waals surface area (Å²) in [6.45, 7) is 0.478. The zero-order valence-electron chi connectivity index (χ0n) is 19.0. The molecular formula is C24H30N4O4S. The molecule has 0 radical (unpaired) electrons. The van der Waals surface area contributed by atoms with E-state index in [1.54, 1.807) is 7.11 Å². The van der Waals surface area contributed by atoms with Crippen molar-refractivity contribution in [2.24, 2.45) is 16.6 Å². The molecule has 0 aromatic heterocycles.